The van der Waals surface area contributed by atoms with E-state index in [9.17, 15) is 13.5 Å². The maximum atomic E-state index is 10.7. The summed E-state index contributed by atoms with van der Waals surface area (Å²) in [5, 5.41) is 26.9. The monoisotopic (exact) mass is 228 g/mol. The zero-order chi connectivity index (χ0) is 11.4. The van der Waals surface area contributed by atoms with E-state index in [1.807, 2.05) is 0 Å². The number of hydrogen-bond donors (Lipinski definition) is 3. The van der Waals surface area contributed by atoms with Crippen LogP contribution in [0.4, 0.5) is 0 Å². The van der Waals surface area contributed by atoms with E-state index in [-0.39, 0.29) is 6.42 Å². The van der Waals surface area contributed by atoms with Gasteiger partial charge >= 0.3 is 0 Å². The molecule has 0 unspecified atom stereocenters. The Morgan fingerprint density at radius 1 is 1.36 bits per heavy atom. The fourth-order valence-corrected chi connectivity index (χ4v) is 1.49. The van der Waals surface area contributed by atoms with Crippen LogP contribution >= 0.6 is 0 Å². The van der Waals surface area contributed by atoms with Crippen LogP contribution in [0.25, 0.3) is 0 Å². The predicted octanol–water partition coefficient (Wildman–Crippen LogP) is -1.54. The molecule has 0 aromatic rings. The van der Waals surface area contributed by atoms with Crippen LogP contribution in [0.3, 0.4) is 0 Å². The molecular weight excluding hydrogens is 212 g/mol. The first-order valence-corrected chi connectivity index (χ1v) is 5.93. The molecule has 3 atom stereocenters. The van der Waals surface area contributed by atoms with E-state index >= 15 is 0 Å². The van der Waals surface area contributed by atoms with Gasteiger partial charge in [-0.3, -0.25) is 4.18 Å². The molecule has 0 rings (SSSR count). The van der Waals surface area contributed by atoms with Gasteiger partial charge in [-0.1, -0.05) is 0 Å². The molecule has 86 valence electrons. The quantitative estimate of drug-likeness (QED) is 0.476. The van der Waals surface area contributed by atoms with Gasteiger partial charge in [-0.05, 0) is 6.92 Å². The molecule has 0 saturated heterocycles. The second kappa shape index (κ2) is 5.62. The number of aliphatic hydroxyl groups excluding tert-OH is 3. The molecule has 0 aromatic carbocycles. The minimum absolute atomic E-state index is 0.138. The molecule has 14 heavy (non-hydrogen) atoms. The Labute approximate surface area is 83.3 Å². The SMILES string of the molecule is C[C@H](O)[C@H](O)C[C@H](CO)OS(C)(=O)=O. The molecule has 0 aliphatic carbocycles. The fourth-order valence-electron chi connectivity index (χ4n) is 0.858. The van der Waals surface area contributed by atoms with Gasteiger partial charge in [-0.2, -0.15) is 8.42 Å². The zero-order valence-electron chi connectivity index (χ0n) is 8.12. The predicted molar refractivity (Wildman–Crippen MR) is 49.1 cm³/mol. The van der Waals surface area contributed by atoms with Crippen LogP contribution < -0.4 is 0 Å². The van der Waals surface area contributed by atoms with Crippen LogP contribution in [0.2, 0.25) is 0 Å². The van der Waals surface area contributed by atoms with Gasteiger partial charge in [0.25, 0.3) is 10.1 Å². The molecule has 6 nitrogen and oxygen atoms in total. The second-order valence-corrected chi connectivity index (χ2v) is 4.75. The topological polar surface area (TPSA) is 104 Å². The van der Waals surface area contributed by atoms with Crippen molar-refractivity contribution < 1.29 is 27.9 Å². The Kier molecular flexibility index (Phi) is 5.53. The van der Waals surface area contributed by atoms with Crippen molar-refractivity contribution in [2.45, 2.75) is 31.7 Å². The highest BCUT2D eigenvalue weighted by molar-refractivity contribution is 7.86. The van der Waals surface area contributed by atoms with E-state index in [2.05, 4.69) is 4.18 Å². The minimum atomic E-state index is -3.66. The summed E-state index contributed by atoms with van der Waals surface area (Å²) in [7, 11) is -3.66. The Morgan fingerprint density at radius 2 is 1.86 bits per heavy atom. The van der Waals surface area contributed by atoms with Gasteiger partial charge in [0, 0.05) is 6.42 Å². The second-order valence-electron chi connectivity index (χ2n) is 3.15. The van der Waals surface area contributed by atoms with E-state index in [1.54, 1.807) is 0 Å². The molecule has 0 aromatic heterocycles. The average molecular weight is 228 g/mol. The third-order valence-electron chi connectivity index (χ3n) is 1.58. The van der Waals surface area contributed by atoms with Crippen molar-refractivity contribution in [2.75, 3.05) is 12.9 Å². The highest BCUT2D eigenvalue weighted by atomic mass is 32.2. The summed E-state index contributed by atoms with van der Waals surface area (Å²) in [6.07, 6.45) is -2.42. The van der Waals surface area contributed by atoms with Gasteiger partial charge in [-0.15, -0.1) is 0 Å². The van der Waals surface area contributed by atoms with E-state index in [4.69, 9.17) is 10.2 Å². The fraction of sp³-hybridized carbons (Fsp3) is 1.00. The normalized spacial score (nSPS) is 18.9. The lowest BCUT2D eigenvalue weighted by Crippen LogP contribution is -2.32. The molecular formula is C7H16O6S. The standard InChI is InChI=1S/C7H16O6S/c1-5(9)7(10)3-6(4-8)13-14(2,11)12/h5-10H,3-4H2,1-2H3/t5-,6+,7+/m0/s1. The van der Waals surface area contributed by atoms with Crippen molar-refractivity contribution in [1.82, 2.24) is 0 Å². The van der Waals surface area contributed by atoms with Crippen molar-refractivity contribution in [3.05, 3.63) is 0 Å². The largest absolute Gasteiger partial charge is 0.394 e. The molecule has 0 bridgehead atoms. The molecule has 0 aliphatic heterocycles. The van der Waals surface area contributed by atoms with Gasteiger partial charge < -0.3 is 15.3 Å². The highest BCUT2D eigenvalue weighted by Crippen LogP contribution is 2.08. The molecule has 0 heterocycles. The smallest absolute Gasteiger partial charge is 0.264 e. The molecule has 7 heteroatoms. The van der Waals surface area contributed by atoms with Gasteiger partial charge in [-0.25, -0.2) is 0 Å². The van der Waals surface area contributed by atoms with Crippen LogP contribution in [0.1, 0.15) is 13.3 Å². The summed E-state index contributed by atoms with van der Waals surface area (Å²) in [6, 6.07) is 0. The minimum Gasteiger partial charge on any atom is -0.394 e. The Morgan fingerprint density at radius 3 is 2.14 bits per heavy atom. The third-order valence-corrected chi connectivity index (χ3v) is 2.20. The molecule has 0 aliphatic rings. The molecule has 0 radical (unpaired) electrons. The highest BCUT2D eigenvalue weighted by Gasteiger charge is 2.21. The van der Waals surface area contributed by atoms with Gasteiger partial charge in [0.05, 0.1) is 25.1 Å². The summed E-state index contributed by atoms with van der Waals surface area (Å²) in [6.45, 7) is 0.830. The maximum Gasteiger partial charge on any atom is 0.264 e. The first-order valence-electron chi connectivity index (χ1n) is 4.11. The van der Waals surface area contributed by atoms with E-state index in [0.717, 1.165) is 6.26 Å². The van der Waals surface area contributed by atoms with E-state index in [1.165, 1.54) is 6.92 Å². The van der Waals surface area contributed by atoms with E-state index < -0.39 is 35.0 Å². The summed E-state index contributed by atoms with van der Waals surface area (Å²) in [4.78, 5) is 0. The van der Waals surface area contributed by atoms with Gasteiger partial charge in [0.15, 0.2) is 0 Å². The van der Waals surface area contributed by atoms with Crippen molar-refractivity contribution in [3.63, 3.8) is 0 Å². The summed E-state index contributed by atoms with van der Waals surface area (Å²) < 4.78 is 25.8. The average Bonchev–Trinajstić information content (AvgIpc) is 2.00. The van der Waals surface area contributed by atoms with Crippen LogP contribution in [0.5, 0.6) is 0 Å². The van der Waals surface area contributed by atoms with Crippen LogP contribution in [-0.4, -0.2) is 54.9 Å². The lowest BCUT2D eigenvalue weighted by atomic mass is 10.1. The maximum absolute atomic E-state index is 10.7. The lowest BCUT2D eigenvalue weighted by Gasteiger charge is -2.19. The third kappa shape index (κ3) is 6.28. The van der Waals surface area contributed by atoms with Gasteiger partial charge in [0.2, 0.25) is 0 Å². The summed E-state index contributed by atoms with van der Waals surface area (Å²) >= 11 is 0. The summed E-state index contributed by atoms with van der Waals surface area (Å²) in [5.41, 5.74) is 0. The molecule has 0 fully saturated rings. The lowest BCUT2D eigenvalue weighted by molar-refractivity contribution is -0.00714. The number of aliphatic hydroxyl groups is 3. The van der Waals surface area contributed by atoms with Crippen LogP contribution in [0, 0.1) is 0 Å². The molecule has 3 N–H and O–H groups in total. The van der Waals surface area contributed by atoms with Gasteiger partial charge in [0.1, 0.15) is 6.10 Å². The Bertz CT molecular complexity index is 247. The first kappa shape index (κ1) is 13.8. The van der Waals surface area contributed by atoms with Crippen LogP contribution in [-0.2, 0) is 14.3 Å². The Hall–Kier alpha value is -0.210. The number of hydrogen-bond acceptors (Lipinski definition) is 6. The molecule has 0 spiro atoms. The molecule has 0 saturated carbocycles. The zero-order valence-corrected chi connectivity index (χ0v) is 8.94. The van der Waals surface area contributed by atoms with Crippen molar-refractivity contribution in [3.8, 4) is 0 Å². The van der Waals surface area contributed by atoms with Crippen LogP contribution in [0.15, 0.2) is 0 Å². The van der Waals surface area contributed by atoms with Crippen molar-refractivity contribution >= 4 is 10.1 Å². The molecule has 0 amide bonds. The number of rotatable bonds is 6. The van der Waals surface area contributed by atoms with Crippen molar-refractivity contribution in [1.29, 1.82) is 0 Å². The Balaban J connectivity index is 4.17. The first-order chi connectivity index (χ1) is 6.26. The van der Waals surface area contributed by atoms with Crippen molar-refractivity contribution in [2.24, 2.45) is 0 Å². The van der Waals surface area contributed by atoms with E-state index in [0.29, 0.717) is 0 Å². The summed E-state index contributed by atoms with van der Waals surface area (Å²) in [5.74, 6) is 0.